The molecule has 0 radical (unpaired) electrons. The molecule has 0 aliphatic rings. The van der Waals surface area contributed by atoms with Crippen LogP contribution in [-0.4, -0.2) is 52.3 Å². The molecule has 0 fully saturated rings. The molecule has 0 spiro atoms. The molecule has 0 aliphatic heterocycles. The van der Waals surface area contributed by atoms with Crippen LogP contribution in [0.2, 0.25) is 0 Å². The van der Waals surface area contributed by atoms with Crippen LogP contribution >= 0.6 is 0 Å². The second-order valence-corrected chi connectivity index (χ2v) is 11.5. The highest BCUT2D eigenvalue weighted by atomic mass is 16.4. The maximum absolute atomic E-state index is 11.5. The molecule has 4 aromatic heterocycles. The van der Waals surface area contributed by atoms with Gasteiger partial charge in [0.15, 0.2) is 11.8 Å². The van der Waals surface area contributed by atoms with Gasteiger partial charge in [-0.1, -0.05) is 13.8 Å². The zero-order valence-electron chi connectivity index (χ0n) is 26.0. The van der Waals surface area contributed by atoms with Crippen LogP contribution in [0.4, 0.5) is 0 Å². The molecule has 0 amide bonds. The van der Waals surface area contributed by atoms with Crippen molar-refractivity contribution in [2.24, 2.45) is 0 Å². The van der Waals surface area contributed by atoms with Crippen molar-refractivity contribution in [3.8, 4) is 11.8 Å². The maximum Gasteiger partial charge on any atom is 0.303 e. The van der Waals surface area contributed by atoms with Gasteiger partial charge in [-0.25, -0.2) is 0 Å². The smallest absolute Gasteiger partial charge is 0.303 e. The Labute approximate surface area is 251 Å². The molecule has 4 heterocycles. The summed E-state index contributed by atoms with van der Waals surface area (Å²) in [5.41, 5.74) is 13.2. The number of aromatic amines is 4. The summed E-state index contributed by atoms with van der Waals surface area (Å²) in [6.07, 6.45) is 3.70. The predicted molar refractivity (Wildman–Crippen MR) is 165 cm³/mol. The summed E-state index contributed by atoms with van der Waals surface area (Å²) in [6.45, 7) is 11.9. The first kappa shape index (κ1) is 31.6. The minimum Gasteiger partial charge on any atom is -0.494 e. The molecule has 0 saturated heterocycles. The van der Waals surface area contributed by atoms with Gasteiger partial charge in [0.05, 0.1) is 0 Å². The Balaban J connectivity index is 1.75. The summed E-state index contributed by atoms with van der Waals surface area (Å²) in [5.74, 6) is -1.40. The van der Waals surface area contributed by atoms with Crippen molar-refractivity contribution in [3.63, 3.8) is 0 Å². The van der Waals surface area contributed by atoms with Crippen LogP contribution in [0.3, 0.4) is 0 Å². The third kappa shape index (κ3) is 6.53. The van der Waals surface area contributed by atoms with Crippen LogP contribution in [0.1, 0.15) is 105 Å². The Morgan fingerprint density at radius 2 is 0.884 bits per heavy atom. The number of rotatable bonds is 14. The third-order valence-electron chi connectivity index (χ3n) is 8.99. The van der Waals surface area contributed by atoms with Crippen LogP contribution < -0.4 is 0 Å². The number of carboxylic acid groups (broad SMARTS) is 2. The van der Waals surface area contributed by atoms with E-state index < -0.39 is 11.9 Å². The minimum absolute atomic E-state index is 0.00995. The van der Waals surface area contributed by atoms with E-state index >= 15 is 0 Å². The van der Waals surface area contributed by atoms with E-state index in [1.165, 1.54) is 0 Å². The number of hydrogen-bond acceptors (Lipinski definition) is 4. The van der Waals surface area contributed by atoms with Gasteiger partial charge in [-0.15, -0.1) is 0 Å². The van der Waals surface area contributed by atoms with Gasteiger partial charge in [0.2, 0.25) is 0 Å². The molecule has 4 rings (SSSR count). The van der Waals surface area contributed by atoms with Gasteiger partial charge in [-0.05, 0) is 86.8 Å². The molecule has 0 unspecified atom stereocenters. The standard InChI is InChI=1S/C33H44N4O6/c1-7-20-19(6)32(42)37-27(20)14-25-18(5)23(10-12-31(40)41)29(35-25)15-28-22(9-11-30(38)39)17(4)24(34-28)13-26-16(3)21(8-2)33(43)36-26/h34-37,42-43H,7-15H2,1-6H3,(H,38,39)(H,40,41). The maximum atomic E-state index is 11.5. The Morgan fingerprint density at radius 1 is 0.512 bits per heavy atom. The topological polar surface area (TPSA) is 178 Å². The van der Waals surface area contributed by atoms with Crippen molar-refractivity contribution >= 4 is 11.9 Å². The summed E-state index contributed by atoms with van der Waals surface area (Å²) in [4.78, 5) is 36.5. The van der Waals surface area contributed by atoms with E-state index in [2.05, 4.69) is 19.9 Å². The largest absolute Gasteiger partial charge is 0.494 e. The molecule has 4 aromatic rings. The Morgan fingerprint density at radius 3 is 1.33 bits per heavy atom. The molecule has 0 saturated carbocycles. The summed E-state index contributed by atoms with van der Waals surface area (Å²) < 4.78 is 0. The van der Waals surface area contributed by atoms with Crippen LogP contribution in [-0.2, 0) is 54.5 Å². The molecular weight excluding hydrogens is 548 g/mol. The Bertz CT molecular complexity index is 1650. The molecule has 232 valence electrons. The predicted octanol–water partition coefficient (Wildman–Crippen LogP) is 5.58. The first-order chi connectivity index (χ1) is 20.4. The highest BCUT2D eigenvalue weighted by Gasteiger charge is 2.23. The average Bonchev–Trinajstić information content (AvgIpc) is 3.59. The van der Waals surface area contributed by atoms with E-state index in [0.717, 1.165) is 85.1 Å². The zero-order valence-corrected chi connectivity index (χ0v) is 26.0. The fraction of sp³-hybridized carbons (Fsp3) is 0.455. The molecule has 8 N–H and O–H groups in total. The van der Waals surface area contributed by atoms with E-state index in [1.807, 2.05) is 41.5 Å². The molecule has 0 bridgehead atoms. The van der Waals surface area contributed by atoms with Gasteiger partial charge < -0.3 is 40.4 Å². The summed E-state index contributed by atoms with van der Waals surface area (Å²) in [7, 11) is 0. The van der Waals surface area contributed by atoms with E-state index in [9.17, 15) is 30.0 Å². The molecule has 10 heteroatoms. The summed E-state index contributed by atoms with van der Waals surface area (Å²) in [6, 6.07) is 0. The van der Waals surface area contributed by atoms with E-state index in [-0.39, 0.29) is 24.6 Å². The quantitative estimate of drug-likeness (QED) is 0.0947. The molecule has 0 atom stereocenters. The lowest BCUT2D eigenvalue weighted by molar-refractivity contribution is -0.138. The van der Waals surface area contributed by atoms with Crippen LogP contribution in [0.5, 0.6) is 11.8 Å². The van der Waals surface area contributed by atoms with Gasteiger partial charge >= 0.3 is 11.9 Å². The minimum atomic E-state index is -0.873. The number of carbonyl (C=O) groups is 2. The highest BCUT2D eigenvalue weighted by Crippen LogP contribution is 2.32. The average molecular weight is 593 g/mol. The van der Waals surface area contributed by atoms with Crippen LogP contribution in [0, 0.1) is 27.7 Å². The van der Waals surface area contributed by atoms with Crippen molar-refractivity contribution < 1.29 is 30.0 Å². The number of nitrogens with one attached hydrogen (secondary N) is 4. The zero-order chi connectivity index (χ0) is 31.6. The second kappa shape index (κ2) is 12.9. The normalized spacial score (nSPS) is 11.5. The first-order valence-corrected chi connectivity index (χ1v) is 15.0. The summed E-state index contributed by atoms with van der Waals surface area (Å²) >= 11 is 0. The lowest BCUT2D eigenvalue weighted by Crippen LogP contribution is -2.04. The first-order valence-electron chi connectivity index (χ1n) is 15.0. The van der Waals surface area contributed by atoms with E-state index in [1.54, 1.807) is 0 Å². The van der Waals surface area contributed by atoms with Gasteiger partial charge in [0.1, 0.15) is 0 Å². The lowest BCUT2D eigenvalue weighted by Gasteiger charge is -2.07. The number of aliphatic carboxylic acids is 2. The van der Waals surface area contributed by atoms with Crippen LogP contribution in [0.25, 0.3) is 0 Å². The van der Waals surface area contributed by atoms with E-state index in [0.29, 0.717) is 38.5 Å². The van der Waals surface area contributed by atoms with Crippen molar-refractivity contribution in [1.29, 1.82) is 0 Å². The molecule has 10 nitrogen and oxygen atoms in total. The SMILES string of the molecule is CCc1c(O)[nH]c(Cc2[nH]c(Cc3[nH]c(Cc4[nH]c(O)c(C)c4CC)c(C)c3CCC(=O)O)c(CCC(=O)O)c2C)c1C. The molecule has 0 aliphatic carbocycles. The number of aromatic hydroxyl groups is 2. The fourth-order valence-electron chi connectivity index (χ4n) is 6.44. The molecule has 43 heavy (non-hydrogen) atoms. The monoisotopic (exact) mass is 592 g/mol. The van der Waals surface area contributed by atoms with Gasteiger partial charge in [-0.2, -0.15) is 0 Å². The van der Waals surface area contributed by atoms with Crippen molar-refractivity contribution in [1.82, 2.24) is 19.9 Å². The molecule has 0 aromatic carbocycles. The second-order valence-electron chi connectivity index (χ2n) is 11.5. The van der Waals surface area contributed by atoms with Gasteiger partial charge in [0, 0.05) is 77.4 Å². The number of carboxylic acids is 2. The summed E-state index contributed by atoms with van der Waals surface area (Å²) in [5, 5.41) is 39.6. The molecular formula is C33H44N4O6. The lowest BCUT2D eigenvalue weighted by atomic mass is 9.97. The van der Waals surface area contributed by atoms with Gasteiger partial charge in [-0.3, -0.25) is 9.59 Å². The fourth-order valence-corrected chi connectivity index (χ4v) is 6.44. The Hall–Kier alpha value is -4.34. The van der Waals surface area contributed by atoms with Crippen LogP contribution in [0.15, 0.2) is 0 Å². The number of H-pyrrole nitrogens is 4. The Kier molecular flexibility index (Phi) is 9.47. The van der Waals surface area contributed by atoms with Crippen molar-refractivity contribution in [2.75, 3.05) is 0 Å². The number of hydrogen-bond donors (Lipinski definition) is 8. The van der Waals surface area contributed by atoms with Gasteiger partial charge in [0.25, 0.3) is 0 Å². The third-order valence-corrected chi connectivity index (χ3v) is 8.99. The van der Waals surface area contributed by atoms with Crippen molar-refractivity contribution in [3.05, 3.63) is 78.7 Å². The van der Waals surface area contributed by atoms with E-state index in [4.69, 9.17) is 0 Å². The van der Waals surface area contributed by atoms with Crippen molar-refractivity contribution in [2.45, 2.75) is 99.3 Å². The highest BCUT2D eigenvalue weighted by molar-refractivity contribution is 5.68. The number of aromatic nitrogens is 4.